The molecule has 8 heteroatoms. The van der Waals surface area contributed by atoms with Crippen molar-refractivity contribution in [1.29, 1.82) is 0 Å². The van der Waals surface area contributed by atoms with E-state index < -0.39 is 6.10 Å². The zero-order valence-corrected chi connectivity index (χ0v) is 17.7. The molecule has 156 valence electrons. The minimum absolute atomic E-state index is 0.0925. The van der Waals surface area contributed by atoms with Crippen LogP contribution in [0.2, 0.25) is 0 Å². The van der Waals surface area contributed by atoms with Crippen molar-refractivity contribution >= 4 is 23.2 Å². The monoisotopic (exact) mass is 417 g/mol. The number of hydrogen-bond acceptors (Lipinski definition) is 6. The summed E-state index contributed by atoms with van der Waals surface area (Å²) in [5.41, 5.74) is -0.387. The predicted molar refractivity (Wildman–Crippen MR) is 110 cm³/mol. The standard InChI is InChI=1S/C21H27N3O4S/c1-15-5-6-18(29-15)20(26)24-9-7-21(8-10-24)14-23(2)13-17(28-21)19(25)22-12-16-4-3-11-27-16/h3-6,11,17H,7-10,12-14H2,1-2H3,(H,22,25). The number of carbonyl (C=O) groups excluding carboxylic acids is 2. The summed E-state index contributed by atoms with van der Waals surface area (Å²) in [7, 11) is 2.02. The van der Waals surface area contributed by atoms with Crippen molar-refractivity contribution in [3.05, 3.63) is 46.0 Å². The third-order valence-corrected chi connectivity index (χ3v) is 6.64. The van der Waals surface area contributed by atoms with E-state index in [1.54, 1.807) is 12.3 Å². The Morgan fingerprint density at radius 2 is 2.07 bits per heavy atom. The molecule has 0 saturated carbocycles. The fourth-order valence-corrected chi connectivity index (χ4v) is 4.99. The molecule has 2 aromatic heterocycles. The van der Waals surface area contributed by atoms with Crippen molar-refractivity contribution in [2.24, 2.45) is 0 Å². The number of morpholine rings is 1. The van der Waals surface area contributed by atoms with Gasteiger partial charge in [0, 0.05) is 31.1 Å². The molecule has 0 aromatic carbocycles. The van der Waals surface area contributed by atoms with Crippen LogP contribution < -0.4 is 5.32 Å². The van der Waals surface area contributed by atoms with Gasteiger partial charge in [-0.25, -0.2) is 0 Å². The summed E-state index contributed by atoms with van der Waals surface area (Å²) >= 11 is 1.53. The smallest absolute Gasteiger partial charge is 0.263 e. The maximum absolute atomic E-state index is 12.7. The highest BCUT2D eigenvalue weighted by Gasteiger charge is 2.44. The lowest BCUT2D eigenvalue weighted by Gasteiger charge is -2.48. The number of thiophene rings is 1. The van der Waals surface area contributed by atoms with E-state index in [-0.39, 0.29) is 17.4 Å². The highest BCUT2D eigenvalue weighted by atomic mass is 32.1. The second-order valence-electron chi connectivity index (χ2n) is 7.99. The molecular formula is C21H27N3O4S. The van der Waals surface area contributed by atoms with Crippen LogP contribution in [-0.2, 0) is 16.1 Å². The number of furan rings is 1. The van der Waals surface area contributed by atoms with E-state index in [9.17, 15) is 9.59 Å². The molecule has 1 atom stereocenters. The van der Waals surface area contributed by atoms with Gasteiger partial charge in [-0.15, -0.1) is 11.3 Å². The van der Waals surface area contributed by atoms with Gasteiger partial charge in [-0.2, -0.15) is 0 Å². The van der Waals surface area contributed by atoms with Crippen molar-refractivity contribution in [3.63, 3.8) is 0 Å². The van der Waals surface area contributed by atoms with Crippen LogP contribution in [0.5, 0.6) is 0 Å². The highest BCUT2D eigenvalue weighted by molar-refractivity contribution is 7.13. The molecule has 0 aliphatic carbocycles. The molecule has 2 saturated heterocycles. The number of hydrogen-bond donors (Lipinski definition) is 1. The Morgan fingerprint density at radius 1 is 1.28 bits per heavy atom. The summed E-state index contributed by atoms with van der Waals surface area (Å²) < 4.78 is 11.6. The van der Waals surface area contributed by atoms with Gasteiger partial charge in [-0.05, 0) is 51.1 Å². The second kappa shape index (κ2) is 8.30. The van der Waals surface area contributed by atoms with Crippen LogP contribution >= 0.6 is 11.3 Å². The number of likely N-dealkylation sites (N-methyl/N-ethyl adjacent to an activating group) is 1. The molecule has 4 heterocycles. The Hall–Kier alpha value is -2.16. The normalized spacial score (nSPS) is 22.0. The van der Waals surface area contributed by atoms with Crippen LogP contribution in [0.15, 0.2) is 34.9 Å². The van der Waals surface area contributed by atoms with Gasteiger partial charge in [0.15, 0.2) is 0 Å². The van der Waals surface area contributed by atoms with Crippen LogP contribution in [0.1, 0.15) is 33.2 Å². The lowest BCUT2D eigenvalue weighted by Crippen LogP contribution is -2.61. The molecule has 2 fully saturated rings. The van der Waals surface area contributed by atoms with E-state index in [1.165, 1.54) is 11.3 Å². The molecule has 2 aromatic rings. The zero-order chi connectivity index (χ0) is 20.4. The average molecular weight is 418 g/mol. The van der Waals surface area contributed by atoms with Gasteiger partial charge in [0.1, 0.15) is 11.9 Å². The Bertz CT molecular complexity index is 855. The zero-order valence-electron chi connectivity index (χ0n) is 16.8. The maximum atomic E-state index is 12.7. The van der Waals surface area contributed by atoms with E-state index in [4.69, 9.17) is 9.15 Å². The Kier molecular flexibility index (Phi) is 5.76. The minimum Gasteiger partial charge on any atom is -0.467 e. The molecule has 0 radical (unpaired) electrons. The molecule has 2 aliphatic rings. The molecular weight excluding hydrogens is 390 g/mol. The third kappa shape index (κ3) is 4.55. The number of likely N-dealkylation sites (tertiary alicyclic amines) is 1. The molecule has 7 nitrogen and oxygen atoms in total. The fraction of sp³-hybridized carbons (Fsp3) is 0.524. The number of amides is 2. The van der Waals surface area contributed by atoms with Crippen molar-refractivity contribution in [2.45, 2.75) is 38.0 Å². The summed E-state index contributed by atoms with van der Waals surface area (Å²) in [6.07, 6.45) is 2.53. The molecule has 2 amide bonds. The first-order valence-corrected chi connectivity index (χ1v) is 10.8. The maximum Gasteiger partial charge on any atom is 0.263 e. The van der Waals surface area contributed by atoms with E-state index in [2.05, 4.69) is 10.2 Å². The van der Waals surface area contributed by atoms with E-state index >= 15 is 0 Å². The van der Waals surface area contributed by atoms with Crippen LogP contribution in [-0.4, -0.2) is 66.5 Å². The van der Waals surface area contributed by atoms with Gasteiger partial charge >= 0.3 is 0 Å². The number of nitrogens with one attached hydrogen (secondary N) is 1. The topological polar surface area (TPSA) is 75.0 Å². The molecule has 2 aliphatic heterocycles. The lowest BCUT2D eigenvalue weighted by atomic mass is 9.88. The summed E-state index contributed by atoms with van der Waals surface area (Å²) in [6.45, 7) is 4.98. The number of nitrogens with zero attached hydrogens (tertiary/aromatic N) is 2. The molecule has 1 N–H and O–H groups in total. The Balaban J connectivity index is 1.35. The number of rotatable bonds is 4. The van der Waals surface area contributed by atoms with Crippen molar-refractivity contribution in [2.75, 3.05) is 33.2 Å². The predicted octanol–water partition coefficient (Wildman–Crippen LogP) is 2.27. The van der Waals surface area contributed by atoms with E-state index in [0.717, 1.165) is 29.1 Å². The first-order chi connectivity index (χ1) is 13.9. The second-order valence-corrected chi connectivity index (χ2v) is 9.27. The first-order valence-electron chi connectivity index (χ1n) is 9.96. The lowest BCUT2D eigenvalue weighted by molar-refractivity contribution is -0.180. The molecule has 29 heavy (non-hydrogen) atoms. The quantitative estimate of drug-likeness (QED) is 0.826. The average Bonchev–Trinajstić information content (AvgIpc) is 3.37. The Labute approximate surface area is 174 Å². The first kappa shape index (κ1) is 20.1. The van der Waals surface area contributed by atoms with Crippen LogP contribution in [0.25, 0.3) is 0 Å². The van der Waals surface area contributed by atoms with Crippen LogP contribution in [0.3, 0.4) is 0 Å². The van der Waals surface area contributed by atoms with Gasteiger partial charge in [0.05, 0.1) is 23.3 Å². The molecule has 0 bridgehead atoms. The SMILES string of the molecule is Cc1ccc(C(=O)N2CCC3(CC2)CN(C)CC(C(=O)NCc2ccco2)O3)s1. The third-order valence-electron chi connectivity index (χ3n) is 5.65. The van der Waals surface area contributed by atoms with Gasteiger partial charge in [-0.1, -0.05) is 0 Å². The van der Waals surface area contributed by atoms with Crippen molar-refractivity contribution in [3.8, 4) is 0 Å². The van der Waals surface area contributed by atoms with Gasteiger partial charge in [0.25, 0.3) is 11.8 Å². The van der Waals surface area contributed by atoms with Gasteiger partial charge in [-0.3, -0.25) is 9.59 Å². The molecule has 1 spiro atoms. The number of aryl methyl sites for hydroxylation is 1. The summed E-state index contributed by atoms with van der Waals surface area (Å²) in [4.78, 5) is 31.4. The largest absolute Gasteiger partial charge is 0.467 e. The van der Waals surface area contributed by atoms with Crippen LogP contribution in [0.4, 0.5) is 0 Å². The number of ether oxygens (including phenoxy) is 1. The van der Waals surface area contributed by atoms with E-state index in [0.29, 0.717) is 31.9 Å². The molecule has 4 rings (SSSR count). The summed E-state index contributed by atoms with van der Waals surface area (Å²) in [5, 5.41) is 2.90. The number of carbonyl (C=O) groups is 2. The fourth-order valence-electron chi connectivity index (χ4n) is 4.15. The molecule has 1 unspecified atom stereocenters. The van der Waals surface area contributed by atoms with Crippen molar-refractivity contribution in [1.82, 2.24) is 15.1 Å². The Morgan fingerprint density at radius 3 is 2.72 bits per heavy atom. The van der Waals surface area contributed by atoms with Crippen LogP contribution in [0, 0.1) is 6.92 Å². The van der Waals surface area contributed by atoms with Gasteiger partial charge < -0.3 is 24.3 Å². The van der Waals surface area contributed by atoms with E-state index in [1.807, 2.05) is 37.1 Å². The van der Waals surface area contributed by atoms with Gasteiger partial charge in [0.2, 0.25) is 0 Å². The minimum atomic E-state index is -0.522. The van der Waals surface area contributed by atoms with Crippen molar-refractivity contribution < 1.29 is 18.7 Å². The summed E-state index contributed by atoms with van der Waals surface area (Å²) in [6, 6.07) is 7.51. The number of piperidine rings is 1. The highest BCUT2D eigenvalue weighted by Crippen LogP contribution is 2.33. The summed E-state index contributed by atoms with van der Waals surface area (Å²) in [5.74, 6) is 0.683.